The molecule has 2 saturated heterocycles. The third kappa shape index (κ3) is 10.7. The van der Waals surface area contributed by atoms with Crippen molar-refractivity contribution in [1.82, 2.24) is 19.2 Å². The van der Waals surface area contributed by atoms with Gasteiger partial charge in [0.05, 0.1) is 22.0 Å². The van der Waals surface area contributed by atoms with E-state index in [9.17, 15) is 27.0 Å². The summed E-state index contributed by atoms with van der Waals surface area (Å²) in [5.74, 6) is 1.24. The molecule has 14 heteroatoms. The average molecular weight is 880 g/mol. The molecule has 0 radical (unpaired) electrons. The van der Waals surface area contributed by atoms with Gasteiger partial charge in [-0.25, -0.2) is 26.3 Å². The Bertz CT molecular complexity index is 1750. The minimum Gasteiger partial charge on any atom is -0.390 e. The quantitative estimate of drug-likeness (QED) is 0.194. The Morgan fingerprint density at radius 2 is 1.19 bits per heavy atom. The molecule has 266 valence electrons. The number of hydrogen-bond acceptors (Lipinski definition) is 8. The van der Waals surface area contributed by atoms with Crippen molar-refractivity contribution in [3.63, 3.8) is 0 Å². The van der Waals surface area contributed by atoms with Gasteiger partial charge in [-0.2, -0.15) is 0 Å². The zero-order valence-electron chi connectivity index (χ0n) is 27.9. The number of hydrogen-bond donors (Lipinski definition) is 4. The van der Waals surface area contributed by atoms with Crippen LogP contribution in [0.3, 0.4) is 0 Å². The number of fused-ring (bicyclic) bond motifs is 1. The summed E-state index contributed by atoms with van der Waals surface area (Å²) in [5, 5.41) is 22.0. The van der Waals surface area contributed by atoms with Gasteiger partial charge in [0.25, 0.3) is 0 Å². The predicted molar refractivity (Wildman–Crippen MR) is 203 cm³/mol. The molecule has 2 heterocycles. The highest BCUT2D eigenvalue weighted by atomic mass is 127. The predicted octanol–water partition coefficient (Wildman–Crippen LogP) is 4.63. The number of nitrogens with one attached hydrogen (secondary N) is 2. The Kier molecular flexibility index (Phi) is 14.3. The fraction of sp³-hybridized carbons (Fsp3) is 0.529. The molecule has 2 fully saturated rings. The maximum absolute atomic E-state index is 12.8. The van der Waals surface area contributed by atoms with Gasteiger partial charge in [0.1, 0.15) is 0 Å². The summed E-state index contributed by atoms with van der Waals surface area (Å²) < 4.78 is 56.6. The van der Waals surface area contributed by atoms with Crippen molar-refractivity contribution < 1.29 is 27.0 Å². The van der Waals surface area contributed by atoms with E-state index in [0.717, 1.165) is 34.9 Å². The molecule has 0 spiro atoms. The number of β-amino-alcohol motifs (C(OH)–C–C–N with tert-alkyl or cyclic N) is 2. The maximum atomic E-state index is 12.8. The summed E-state index contributed by atoms with van der Waals surface area (Å²) in [6.07, 6.45) is 0.792. The summed E-state index contributed by atoms with van der Waals surface area (Å²) >= 11 is 5.44. The van der Waals surface area contributed by atoms with Gasteiger partial charge in [0.15, 0.2) is 0 Å². The van der Waals surface area contributed by atoms with Crippen LogP contribution in [0.1, 0.15) is 40.5 Å². The van der Waals surface area contributed by atoms with E-state index in [1.165, 1.54) is 6.07 Å². The topological polar surface area (TPSA) is 139 Å². The van der Waals surface area contributed by atoms with Crippen LogP contribution < -0.4 is 9.44 Å². The standard InChI is InChI=1S/C19H25IN2O3S.C15H23BrN2O3S/c1-13-9-14(2)22(11-13)12-15(23)10-21-26(24,25)19-8-4-5-16-17(19)6-3-7-18(16)20;1-11-7-12(2)18(9-11)10-13(19)8-17-22(20,21)15-6-4-3-5-14(15)16/h3-8,13-15,21,23H,9-12H2,1-2H3;3-6,11-13,17,19H,7-10H2,1-2H3/t13?,14?,15-;11?,12?,13-/m00/s1. The molecule has 0 amide bonds. The van der Waals surface area contributed by atoms with E-state index in [1.807, 2.05) is 24.3 Å². The number of nitrogens with zero attached hydrogens (tertiary/aromatic N) is 2. The number of aliphatic hydroxyl groups excluding tert-OH is 2. The number of likely N-dealkylation sites (tertiary alicyclic amines) is 2. The van der Waals surface area contributed by atoms with Gasteiger partial charge in [0, 0.05) is 64.8 Å². The van der Waals surface area contributed by atoms with Crippen molar-refractivity contribution in [2.24, 2.45) is 11.8 Å². The monoisotopic (exact) mass is 878 g/mol. The fourth-order valence-electron chi connectivity index (χ4n) is 6.66. The average Bonchev–Trinajstić information content (AvgIpc) is 3.52. The van der Waals surface area contributed by atoms with E-state index in [0.29, 0.717) is 46.9 Å². The highest BCUT2D eigenvalue weighted by Gasteiger charge is 2.29. The molecule has 48 heavy (non-hydrogen) atoms. The van der Waals surface area contributed by atoms with Crippen molar-refractivity contribution >= 4 is 69.3 Å². The van der Waals surface area contributed by atoms with Gasteiger partial charge in [-0.05, 0) is 107 Å². The molecular formula is C34H48BrIN4O6S2. The van der Waals surface area contributed by atoms with Crippen molar-refractivity contribution in [2.45, 2.75) is 74.6 Å². The zero-order valence-corrected chi connectivity index (χ0v) is 33.3. The summed E-state index contributed by atoms with van der Waals surface area (Å²) in [5.41, 5.74) is 0. The molecule has 0 aliphatic carbocycles. The molecule has 0 bridgehead atoms. The third-order valence-electron chi connectivity index (χ3n) is 8.98. The van der Waals surface area contributed by atoms with Gasteiger partial charge >= 0.3 is 0 Å². The van der Waals surface area contributed by atoms with E-state index in [2.05, 4.69) is 85.5 Å². The van der Waals surface area contributed by atoms with Crippen molar-refractivity contribution in [3.05, 3.63) is 68.7 Å². The molecule has 3 aromatic rings. The fourth-order valence-corrected chi connectivity index (χ4v) is 10.7. The van der Waals surface area contributed by atoms with Gasteiger partial charge in [-0.3, -0.25) is 9.80 Å². The normalized spacial score (nSPS) is 23.6. The molecule has 10 nitrogen and oxygen atoms in total. The van der Waals surface area contributed by atoms with Crippen LogP contribution in [0.25, 0.3) is 10.8 Å². The Morgan fingerprint density at radius 1 is 0.729 bits per heavy atom. The number of benzene rings is 3. The van der Waals surface area contributed by atoms with Crippen molar-refractivity contribution in [1.29, 1.82) is 0 Å². The smallest absolute Gasteiger partial charge is 0.241 e. The largest absolute Gasteiger partial charge is 0.390 e. The highest BCUT2D eigenvalue weighted by molar-refractivity contribution is 14.1. The third-order valence-corrected chi connectivity index (χ3v) is 13.8. The molecule has 0 aromatic heterocycles. The molecule has 6 atom stereocenters. The number of sulfonamides is 2. The molecule has 4 unspecified atom stereocenters. The van der Waals surface area contributed by atoms with Crippen LogP contribution in [-0.4, -0.2) is 100 Å². The molecular weight excluding hydrogens is 831 g/mol. The zero-order chi connectivity index (χ0) is 35.2. The second kappa shape index (κ2) is 17.3. The Morgan fingerprint density at radius 3 is 1.69 bits per heavy atom. The van der Waals surface area contributed by atoms with E-state index in [-0.39, 0.29) is 22.9 Å². The molecule has 2 aliphatic heterocycles. The molecule has 2 aliphatic rings. The first-order valence-electron chi connectivity index (χ1n) is 16.3. The summed E-state index contributed by atoms with van der Waals surface area (Å²) in [6, 6.07) is 18.4. The minimum absolute atomic E-state index is 0.0141. The molecule has 4 N–H and O–H groups in total. The lowest BCUT2D eigenvalue weighted by atomic mass is 10.1. The lowest BCUT2D eigenvalue weighted by molar-refractivity contribution is 0.111. The van der Waals surface area contributed by atoms with Gasteiger partial charge in [-0.15, -0.1) is 0 Å². The van der Waals surface area contributed by atoms with E-state index in [4.69, 9.17) is 0 Å². The van der Waals surface area contributed by atoms with Crippen LogP contribution in [0, 0.1) is 15.4 Å². The van der Waals surface area contributed by atoms with E-state index < -0.39 is 32.3 Å². The minimum atomic E-state index is -3.69. The van der Waals surface area contributed by atoms with Crippen LogP contribution in [0.15, 0.2) is 74.9 Å². The first-order valence-corrected chi connectivity index (χ1v) is 21.2. The second-order valence-electron chi connectivity index (χ2n) is 13.3. The Labute approximate surface area is 308 Å². The van der Waals surface area contributed by atoms with Crippen LogP contribution in [-0.2, 0) is 20.0 Å². The number of rotatable bonds is 12. The Hall–Kier alpha value is -1.21. The first kappa shape index (κ1) is 39.6. The highest BCUT2D eigenvalue weighted by Crippen LogP contribution is 2.27. The molecule has 0 saturated carbocycles. The second-order valence-corrected chi connectivity index (χ2v) is 18.8. The van der Waals surface area contributed by atoms with Crippen LogP contribution in [0.4, 0.5) is 0 Å². The lowest BCUT2D eigenvalue weighted by Crippen LogP contribution is -2.41. The Balaban J connectivity index is 0.000000220. The summed E-state index contributed by atoms with van der Waals surface area (Å²) in [7, 11) is -7.31. The van der Waals surface area contributed by atoms with E-state index >= 15 is 0 Å². The van der Waals surface area contributed by atoms with Gasteiger partial charge in [-0.1, -0.05) is 50.2 Å². The maximum Gasteiger partial charge on any atom is 0.241 e. The summed E-state index contributed by atoms with van der Waals surface area (Å²) in [4.78, 5) is 4.88. The van der Waals surface area contributed by atoms with Crippen LogP contribution in [0.2, 0.25) is 0 Å². The molecule has 3 aromatic carbocycles. The van der Waals surface area contributed by atoms with Crippen molar-refractivity contribution in [2.75, 3.05) is 39.3 Å². The van der Waals surface area contributed by atoms with Crippen LogP contribution >= 0.6 is 38.5 Å². The molecule has 5 rings (SSSR count). The van der Waals surface area contributed by atoms with Gasteiger partial charge < -0.3 is 10.2 Å². The SMILES string of the molecule is CC1CC(C)N(C[C@@H](O)CNS(=O)(=O)c2cccc3c(I)cccc23)C1.CC1CC(C)N(C[C@@H](O)CNS(=O)(=O)c2ccccc2Br)C1. The van der Waals surface area contributed by atoms with E-state index in [1.54, 1.807) is 30.3 Å². The number of halogens is 2. The summed E-state index contributed by atoms with van der Waals surface area (Å²) in [6.45, 7) is 11.6. The lowest BCUT2D eigenvalue weighted by Gasteiger charge is -2.24. The van der Waals surface area contributed by atoms with Crippen LogP contribution in [0.5, 0.6) is 0 Å². The van der Waals surface area contributed by atoms with Crippen molar-refractivity contribution in [3.8, 4) is 0 Å². The van der Waals surface area contributed by atoms with Gasteiger partial charge in [0.2, 0.25) is 20.0 Å². The first-order chi connectivity index (χ1) is 22.6. The number of aliphatic hydroxyl groups is 2.